The van der Waals surface area contributed by atoms with Crippen molar-refractivity contribution in [2.24, 2.45) is 0 Å². The first-order chi connectivity index (χ1) is 13.4. The number of hydrogen-bond acceptors (Lipinski definition) is 4. The molecule has 0 atom stereocenters. The zero-order valence-corrected chi connectivity index (χ0v) is 17.6. The minimum atomic E-state index is -3.39. The molecular formula is C21H18ClNO3S2. The molecule has 3 aromatic rings. The van der Waals surface area contributed by atoms with E-state index < -0.39 is 9.84 Å². The highest BCUT2D eigenvalue weighted by molar-refractivity contribution is 7.91. The molecule has 1 aromatic heterocycles. The summed E-state index contributed by atoms with van der Waals surface area (Å²) in [5.74, 6) is -0.216. The van der Waals surface area contributed by atoms with Crippen molar-refractivity contribution in [2.75, 3.05) is 11.4 Å². The number of fused-ring (bicyclic) bond motifs is 3. The lowest BCUT2D eigenvalue weighted by molar-refractivity contribution is 0.0990. The van der Waals surface area contributed by atoms with Gasteiger partial charge in [0.25, 0.3) is 5.91 Å². The van der Waals surface area contributed by atoms with Crippen LogP contribution in [0.4, 0.5) is 5.69 Å². The highest BCUT2D eigenvalue weighted by atomic mass is 35.5. The van der Waals surface area contributed by atoms with Gasteiger partial charge in [0.15, 0.2) is 9.84 Å². The molecule has 0 radical (unpaired) electrons. The third-order valence-corrected chi connectivity index (χ3v) is 7.80. The lowest BCUT2D eigenvalue weighted by Crippen LogP contribution is -2.31. The molecule has 28 heavy (non-hydrogen) atoms. The predicted molar refractivity (Wildman–Crippen MR) is 114 cm³/mol. The molecular weight excluding hydrogens is 414 g/mol. The molecule has 0 saturated heterocycles. The van der Waals surface area contributed by atoms with Gasteiger partial charge < -0.3 is 4.90 Å². The van der Waals surface area contributed by atoms with Gasteiger partial charge in [0.2, 0.25) is 0 Å². The van der Waals surface area contributed by atoms with Crippen LogP contribution in [-0.4, -0.2) is 20.9 Å². The Bertz CT molecular complexity index is 1170. The Hall–Kier alpha value is -2.15. The fourth-order valence-electron chi connectivity index (χ4n) is 3.43. The van der Waals surface area contributed by atoms with Crippen molar-refractivity contribution in [1.29, 1.82) is 0 Å². The second-order valence-corrected chi connectivity index (χ2v) is 10.1. The Morgan fingerprint density at radius 2 is 1.93 bits per heavy atom. The highest BCUT2D eigenvalue weighted by Crippen LogP contribution is 2.43. The molecule has 0 spiro atoms. The summed E-state index contributed by atoms with van der Waals surface area (Å²) in [6, 6.07) is 15.9. The maximum absolute atomic E-state index is 13.3. The lowest BCUT2D eigenvalue weighted by Gasteiger charge is -2.21. The van der Waals surface area contributed by atoms with E-state index in [1.165, 1.54) is 11.3 Å². The van der Waals surface area contributed by atoms with Crippen molar-refractivity contribution >= 4 is 44.4 Å². The SMILES string of the molecule is CCCN(C(=O)c1cc2c(s1)-c1ccccc1S(=O)(=O)C2)c1cccc(Cl)c1. The highest BCUT2D eigenvalue weighted by Gasteiger charge is 2.31. The minimum Gasteiger partial charge on any atom is -0.308 e. The molecule has 2 aromatic carbocycles. The fourth-order valence-corrected chi connectivity index (χ4v) is 6.52. The summed E-state index contributed by atoms with van der Waals surface area (Å²) in [7, 11) is -3.39. The number of thiophene rings is 1. The summed E-state index contributed by atoms with van der Waals surface area (Å²) >= 11 is 7.46. The number of benzene rings is 2. The van der Waals surface area contributed by atoms with Crippen LogP contribution in [-0.2, 0) is 15.6 Å². The first-order valence-electron chi connectivity index (χ1n) is 8.93. The van der Waals surface area contributed by atoms with Gasteiger partial charge in [0, 0.05) is 27.7 Å². The number of rotatable bonds is 4. The number of nitrogens with zero attached hydrogens (tertiary/aromatic N) is 1. The molecule has 144 valence electrons. The van der Waals surface area contributed by atoms with E-state index >= 15 is 0 Å². The first-order valence-corrected chi connectivity index (χ1v) is 11.8. The Balaban J connectivity index is 1.77. The van der Waals surface area contributed by atoms with E-state index in [0.717, 1.165) is 17.0 Å². The maximum atomic E-state index is 13.3. The number of hydrogen-bond donors (Lipinski definition) is 0. The fraction of sp³-hybridized carbons (Fsp3) is 0.190. The van der Waals surface area contributed by atoms with Crippen molar-refractivity contribution in [3.63, 3.8) is 0 Å². The molecule has 0 N–H and O–H groups in total. The molecule has 0 aliphatic carbocycles. The third-order valence-electron chi connectivity index (χ3n) is 4.64. The van der Waals surface area contributed by atoms with Gasteiger partial charge >= 0.3 is 0 Å². The van der Waals surface area contributed by atoms with E-state index in [9.17, 15) is 13.2 Å². The standard InChI is InChI=1S/C21H18ClNO3S2/c1-2-10-23(16-7-5-6-15(22)12-16)21(24)18-11-14-13-28(25,26)19-9-4-3-8-17(19)20(14)27-18/h3-9,11-12H,2,10,13H2,1H3. The van der Waals surface area contributed by atoms with Crippen LogP contribution in [0.15, 0.2) is 59.5 Å². The summed E-state index contributed by atoms with van der Waals surface area (Å²) in [5.41, 5.74) is 2.10. The van der Waals surface area contributed by atoms with Gasteiger partial charge in [-0.2, -0.15) is 0 Å². The molecule has 0 bridgehead atoms. The lowest BCUT2D eigenvalue weighted by atomic mass is 10.1. The first kappa shape index (κ1) is 19.2. The molecule has 1 aliphatic rings. The molecule has 0 fully saturated rings. The largest absolute Gasteiger partial charge is 0.308 e. The van der Waals surface area contributed by atoms with Gasteiger partial charge in [0.1, 0.15) is 0 Å². The van der Waals surface area contributed by atoms with Gasteiger partial charge in [-0.25, -0.2) is 8.42 Å². The molecule has 4 rings (SSSR count). The van der Waals surface area contributed by atoms with Crippen molar-refractivity contribution in [3.8, 4) is 10.4 Å². The van der Waals surface area contributed by atoms with Gasteiger partial charge in [-0.05, 0) is 42.3 Å². The molecule has 7 heteroatoms. The number of anilines is 1. The summed E-state index contributed by atoms with van der Waals surface area (Å²) in [5, 5.41) is 0.567. The van der Waals surface area contributed by atoms with Crippen molar-refractivity contribution in [1.82, 2.24) is 0 Å². The Kier molecular flexibility index (Phi) is 5.04. The van der Waals surface area contributed by atoms with E-state index in [0.29, 0.717) is 32.5 Å². The van der Waals surface area contributed by atoms with E-state index in [-0.39, 0.29) is 11.7 Å². The molecule has 1 amide bonds. The number of sulfone groups is 1. The summed E-state index contributed by atoms with van der Waals surface area (Å²) < 4.78 is 25.2. The molecule has 1 aliphatic heterocycles. The van der Waals surface area contributed by atoms with Crippen molar-refractivity contribution in [2.45, 2.75) is 24.0 Å². The summed E-state index contributed by atoms with van der Waals surface area (Å²) in [6.45, 7) is 2.56. The predicted octanol–water partition coefficient (Wildman–Crippen LogP) is 5.41. The minimum absolute atomic E-state index is 0.0753. The van der Waals surface area contributed by atoms with Crippen LogP contribution in [0.25, 0.3) is 10.4 Å². The molecule has 4 nitrogen and oxygen atoms in total. The Morgan fingerprint density at radius 3 is 2.68 bits per heavy atom. The third kappa shape index (κ3) is 3.36. The quantitative estimate of drug-likeness (QED) is 0.554. The maximum Gasteiger partial charge on any atom is 0.268 e. The normalized spacial score (nSPS) is 14.2. The second-order valence-electron chi connectivity index (χ2n) is 6.66. The smallest absolute Gasteiger partial charge is 0.268 e. The monoisotopic (exact) mass is 431 g/mol. The van der Waals surface area contributed by atoms with Crippen LogP contribution >= 0.6 is 22.9 Å². The second kappa shape index (κ2) is 7.35. The van der Waals surface area contributed by atoms with Gasteiger partial charge in [0.05, 0.1) is 15.5 Å². The van der Waals surface area contributed by atoms with E-state index in [2.05, 4.69) is 0 Å². The number of carbonyl (C=O) groups is 1. The Labute approximate surface area is 173 Å². The van der Waals surface area contributed by atoms with Crippen molar-refractivity contribution < 1.29 is 13.2 Å². The van der Waals surface area contributed by atoms with Gasteiger partial charge in [-0.3, -0.25) is 4.79 Å². The number of carbonyl (C=O) groups excluding carboxylic acids is 1. The molecule has 0 unspecified atom stereocenters. The molecule has 2 heterocycles. The van der Waals surface area contributed by atoms with Crippen LogP contribution in [0.2, 0.25) is 5.02 Å². The summed E-state index contributed by atoms with van der Waals surface area (Å²) in [4.78, 5) is 16.7. The zero-order chi connectivity index (χ0) is 19.9. The van der Waals surface area contributed by atoms with Crippen LogP contribution in [0.3, 0.4) is 0 Å². The Morgan fingerprint density at radius 1 is 1.14 bits per heavy atom. The van der Waals surface area contributed by atoms with Crippen LogP contribution in [0.5, 0.6) is 0 Å². The molecule has 0 saturated carbocycles. The van der Waals surface area contributed by atoms with Crippen LogP contribution in [0.1, 0.15) is 28.6 Å². The zero-order valence-electron chi connectivity index (χ0n) is 15.2. The van der Waals surface area contributed by atoms with Crippen LogP contribution < -0.4 is 4.90 Å². The van der Waals surface area contributed by atoms with Gasteiger partial charge in [-0.1, -0.05) is 42.8 Å². The van der Waals surface area contributed by atoms with E-state index in [1.807, 2.05) is 25.1 Å². The van der Waals surface area contributed by atoms with Gasteiger partial charge in [-0.15, -0.1) is 11.3 Å². The number of halogens is 1. The topological polar surface area (TPSA) is 54.5 Å². The average molecular weight is 432 g/mol. The van der Waals surface area contributed by atoms with Crippen molar-refractivity contribution in [3.05, 3.63) is 70.1 Å². The average Bonchev–Trinajstić information content (AvgIpc) is 3.09. The van der Waals surface area contributed by atoms with E-state index in [1.54, 1.807) is 41.3 Å². The number of amides is 1. The summed E-state index contributed by atoms with van der Waals surface area (Å²) in [6.07, 6.45) is 0.792. The van der Waals surface area contributed by atoms with E-state index in [4.69, 9.17) is 11.6 Å². The van der Waals surface area contributed by atoms with Crippen LogP contribution in [0, 0.1) is 0 Å².